The SMILES string of the molecule is Cc1c(C(CN)C(F)(F)F)c2ccccc2n1C. The van der Waals surface area contributed by atoms with E-state index in [0.717, 1.165) is 5.52 Å². The Morgan fingerprint density at radius 3 is 2.44 bits per heavy atom. The van der Waals surface area contributed by atoms with Gasteiger partial charge in [-0.25, -0.2) is 0 Å². The minimum atomic E-state index is -4.32. The maximum absolute atomic E-state index is 13.0. The fourth-order valence-corrected chi connectivity index (χ4v) is 2.41. The highest BCUT2D eigenvalue weighted by Crippen LogP contribution is 2.40. The number of aryl methyl sites for hydroxylation is 1. The lowest BCUT2D eigenvalue weighted by atomic mass is 9.95. The van der Waals surface area contributed by atoms with Gasteiger partial charge in [0.2, 0.25) is 0 Å². The summed E-state index contributed by atoms with van der Waals surface area (Å²) in [5, 5.41) is 0.630. The summed E-state index contributed by atoms with van der Waals surface area (Å²) < 4.78 is 40.9. The summed E-state index contributed by atoms with van der Waals surface area (Å²) in [5.74, 6) is -1.61. The zero-order chi connectivity index (χ0) is 13.5. The lowest BCUT2D eigenvalue weighted by Crippen LogP contribution is -2.28. The lowest BCUT2D eigenvalue weighted by molar-refractivity contribution is -0.147. The molecular formula is C13H15F3N2. The van der Waals surface area contributed by atoms with Crippen LogP contribution in [0.1, 0.15) is 17.2 Å². The van der Waals surface area contributed by atoms with Crippen molar-refractivity contribution in [2.75, 3.05) is 6.54 Å². The number of hydrogen-bond acceptors (Lipinski definition) is 1. The molecule has 18 heavy (non-hydrogen) atoms. The van der Waals surface area contributed by atoms with Crippen LogP contribution in [-0.4, -0.2) is 17.3 Å². The molecule has 0 aliphatic heterocycles. The minimum Gasteiger partial charge on any atom is -0.348 e. The van der Waals surface area contributed by atoms with E-state index in [4.69, 9.17) is 5.73 Å². The molecule has 2 rings (SSSR count). The quantitative estimate of drug-likeness (QED) is 0.879. The molecule has 2 N–H and O–H groups in total. The molecule has 0 aliphatic rings. The van der Waals surface area contributed by atoms with Crippen molar-refractivity contribution in [2.24, 2.45) is 12.8 Å². The number of para-hydroxylation sites is 1. The third kappa shape index (κ3) is 1.88. The van der Waals surface area contributed by atoms with E-state index in [1.54, 1.807) is 30.7 Å². The van der Waals surface area contributed by atoms with Crippen LogP contribution in [0.15, 0.2) is 24.3 Å². The Balaban J connectivity index is 2.74. The first kappa shape index (κ1) is 13.0. The molecule has 1 unspecified atom stereocenters. The van der Waals surface area contributed by atoms with E-state index < -0.39 is 18.6 Å². The largest absolute Gasteiger partial charge is 0.397 e. The molecular weight excluding hydrogens is 241 g/mol. The van der Waals surface area contributed by atoms with Crippen LogP contribution in [0.3, 0.4) is 0 Å². The molecule has 2 nitrogen and oxygen atoms in total. The maximum Gasteiger partial charge on any atom is 0.397 e. The molecule has 0 bridgehead atoms. The van der Waals surface area contributed by atoms with Crippen molar-refractivity contribution in [1.29, 1.82) is 0 Å². The van der Waals surface area contributed by atoms with Gasteiger partial charge in [-0.15, -0.1) is 0 Å². The summed E-state index contributed by atoms with van der Waals surface area (Å²) in [6.07, 6.45) is -4.32. The van der Waals surface area contributed by atoms with E-state index in [0.29, 0.717) is 16.6 Å². The Morgan fingerprint density at radius 1 is 1.28 bits per heavy atom. The Morgan fingerprint density at radius 2 is 1.89 bits per heavy atom. The summed E-state index contributed by atoms with van der Waals surface area (Å²) in [5.41, 5.74) is 7.04. The molecule has 0 amide bonds. The highest BCUT2D eigenvalue weighted by Gasteiger charge is 2.42. The first-order valence-corrected chi connectivity index (χ1v) is 5.68. The predicted molar refractivity (Wildman–Crippen MR) is 65.5 cm³/mol. The Labute approximate surface area is 103 Å². The molecule has 98 valence electrons. The van der Waals surface area contributed by atoms with Gasteiger partial charge in [0.1, 0.15) is 0 Å². The van der Waals surface area contributed by atoms with Crippen LogP contribution in [0.4, 0.5) is 13.2 Å². The molecule has 0 spiro atoms. The summed E-state index contributed by atoms with van der Waals surface area (Å²) >= 11 is 0. The number of nitrogens with zero attached hydrogens (tertiary/aromatic N) is 1. The monoisotopic (exact) mass is 256 g/mol. The highest BCUT2D eigenvalue weighted by atomic mass is 19.4. The highest BCUT2D eigenvalue weighted by molar-refractivity contribution is 5.86. The van der Waals surface area contributed by atoms with Gasteiger partial charge in [0.25, 0.3) is 0 Å². The maximum atomic E-state index is 13.0. The second-order valence-corrected chi connectivity index (χ2v) is 4.41. The number of benzene rings is 1. The molecule has 0 fully saturated rings. The van der Waals surface area contributed by atoms with E-state index in [2.05, 4.69) is 0 Å². The van der Waals surface area contributed by atoms with Crippen LogP contribution >= 0.6 is 0 Å². The average molecular weight is 256 g/mol. The molecule has 1 atom stereocenters. The third-order valence-corrected chi connectivity index (χ3v) is 3.43. The Kier molecular flexibility index (Phi) is 3.11. The van der Waals surface area contributed by atoms with E-state index >= 15 is 0 Å². The fourth-order valence-electron chi connectivity index (χ4n) is 2.41. The molecule has 2 aromatic rings. The van der Waals surface area contributed by atoms with Crippen LogP contribution < -0.4 is 5.73 Å². The summed E-state index contributed by atoms with van der Waals surface area (Å²) in [4.78, 5) is 0. The van der Waals surface area contributed by atoms with Crippen molar-refractivity contribution in [3.8, 4) is 0 Å². The zero-order valence-corrected chi connectivity index (χ0v) is 10.3. The Hall–Kier alpha value is -1.49. The van der Waals surface area contributed by atoms with Crippen LogP contribution in [-0.2, 0) is 7.05 Å². The summed E-state index contributed by atoms with van der Waals surface area (Å²) in [7, 11) is 1.77. The summed E-state index contributed by atoms with van der Waals surface area (Å²) in [6, 6.07) is 7.09. The number of hydrogen-bond donors (Lipinski definition) is 1. The third-order valence-electron chi connectivity index (χ3n) is 3.43. The van der Waals surface area contributed by atoms with E-state index in [1.165, 1.54) is 0 Å². The zero-order valence-electron chi connectivity index (χ0n) is 10.3. The minimum absolute atomic E-state index is 0.295. The molecule has 0 saturated heterocycles. The van der Waals surface area contributed by atoms with Gasteiger partial charge in [-0.05, 0) is 18.6 Å². The van der Waals surface area contributed by atoms with Crippen molar-refractivity contribution < 1.29 is 13.2 Å². The van der Waals surface area contributed by atoms with Gasteiger partial charge < -0.3 is 10.3 Å². The van der Waals surface area contributed by atoms with Gasteiger partial charge in [0, 0.05) is 30.2 Å². The molecule has 0 saturated carbocycles. The summed E-state index contributed by atoms with van der Waals surface area (Å²) in [6.45, 7) is 1.27. The normalized spacial score (nSPS) is 14.1. The van der Waals surface area contributed by atoms with Crippen molar-refractivity contribution in [1.82, 2.24) is 4.57 Å². The first-order valence-electron chi connectivity index (χ1n) is 5.68. The number of halogens is 3. The van der Waals surface area contributed by atoms with Gasteiger partial charge in [-0.1, -0.05) is 18.2 Å². The van der Waals surface area contributed by atoms with Crippen molar-refractivity contribution in [3.63, 3.8) is 0 Å². The van der Waals surface area contributed by atoms with Crippen molar-refractivity contribution in [2.45, 2.75) is 19.0 Å². The van der Waals surface area contributed by atoms with Gasteiger partial charge in [-0.3, -0.25) is 0 Å². The van der Waals surface area contributed by atoms with Gasteiger partial charge in [0.15, 0.2) is 0 Å². The lowest BCUT2D eigenvalue weighted by Gasteiger charge is -2.19. The number of rotatable bonds is 2. The molecule has 1 heterocycles. The van der Waals surface area contributed by atoms with E-state index in [-0.39, 0.29) is 0 Å². The Bertz CT molecular complexity index is 569. The second-order valence-electron chi connectivity index (χ2n) is 4.41. The topological polar surface area (TPSA) is 30.9 Å². The van der Waals surface area contributed by atoms with E-state index in [9.17, 15) is 13.2 Å². The first-order chi connectivity index (χ1) is 8.38. The second kappa shape index (κ2) is 4.31. The van der Waals surface area contributed by atoms with Crippen molar-refractivity contribution in [3.05, 3.63) is 35.5 Å². The van der Waals surface area contributed by atoms with Gasteiger partial charge in [-0.2, -0.15) is 13.2 Å². The smallest absolute Gasteiger partial charge is 0.348 e. The predicted octanol–water partition coefficient (Wildman–Crippen LogP) is 3.09. The van der Waals surface area contributed by atoms with Crippen LogP contribution in [0.25, 0.3) is 10.9 Å². The van der Waals surface area contributed by atoms with Crippen LogP contribution in [0, 0.1) is 6.92 Å². The van der Waals surface area contributed by atoms with Crippen molar-refractivity contribution >= 4 is 10.9 Å². The number of aromatic nitrogens is 1. The molecule has 0 aliphatic carbocycles. The van der Waals surface area contributed by atoms with Crippen LogP contribution in [0.2, 0.25) is 0 Å². The fraction of sp³-hybridized carbons (Fsp3) is 0.385. The standard InChI is InChI=1S/C13H15F3N2/c1-8-12(10(7-17)13(14,15)16)9-5-3-4-6-11(9)18(8)2/h3-6,10H,7,17H2,1-2H3. The van der Waals surface area contributed by atoms with E-state index in [1.807, 2.05) is 12.1 Å². The molecule has 1 aromatic heterocycles. The van der Waals surface area contributed by atoms with Crippen LogP contribution in [0.5, 0.6) is 0 Å². The number of fused-ring (bicyclic) bond motifs is 1. The molecule has 1 aromatic carbocycles. The number of nitrogens with two attached hydrogens (primary N) is 1. The average Bonchev–Trinajstić information content (AvgIpc) is 2.54. The molecule has 5 heteroatoms. The van der Waals surface area contributed by atoms with Gasteiger partial charge in [0.05, 0.1) is 5.92 Å². The van der Waals surface area contributed by atoms with Gasteiger partial charge >= 0.3 is 6.18 Å². The molecule has 0 radical (unpaired) electrons. The number of alkyl halides is 3.